The summed E-state index contributed by atoms with van der Waals surface area (Å²) >= 11 is 0. The summed E-state index contributed by atoms with van der Waals surface area (Å²) in [7, 11) is 0. The number of aliphatic carboxylic acids is 1. The molecular weight excluding hydrogens is 240 g/mol. The zero-order valence-corrected chi connectivity index (χ0v) is 11.1. The average molecular weight is 260 g/mol. The first-order chi connectivity index (χ1) is 9.21. The normalized spacial score (nSPS) is 22.1. The molecule has 3 heteroatoms. The van der Waals surface area contributed by atoms with Crippen molar-refractivity contribution in [2.24, 2.45) is 0 Å². The lowest BCUT2D eigenvalue weighted by molar-refractivity contribution is -0.137. The highest BCUT2D eigenvalue weighted by Gasteiger charge is 2.47. The third-order valence-corrected chi connectivity index (χ3v) is 4.54. The zero-order chi connectivity index (χ0) is 13.3. The Bertz CT molecular complexity index is 471. The maximum atomic E-state index is 11.1. The second kappa shape index (κ2) is 4.97. The lowest BCUT2D eigenvalue weighted by Crippen LogP contribution is -2.20. The van der Waals surface area contributed by atoms with Gasteiger partial charge in [0.05, 0.1) is 6.42 Å². The van der Waals surface area contributed by atoms with Crippen LogP contribution in [-0.4, -0.2) is 24.3 Å². The molecule has 1 saturated carbocycles. The fourth-order valence-corrected chi connectivity index (χ4v) is 3.33. The van der Waals surface area contributed by atoms with Crippen LogP contribution in [0.2, 0.25) is 0 Å². The third-order valence-electron chi connectivity index (χ3n) is 4.54. The summed E-state index contributed by atoms with van der Waals surface area (Å²) in [4.78, 5) is 11.1. The van der Waals surface area contributed by atoms with Gasteiger partial charge in [-0.2, -0.15) is 0 Å². The van der Waals surface area contributed by atoms with Crippen molar-refractivity contribution < 1.29 is 14.6 Å². The fourth-order valence-electron chi connectivity index (χ4n) is 3.33. The van der Waals surface area contributed by atoms with Crippen molar-refractivity contribution in [1.29, 1.82) is 0 Å². The van der Waals surface area contributed by atoms with E-state index in [4.69, 9.17) is 9.84 Å². The molecule has 0 atom stereocenters. The molecule has 0 spiro atoms. The fraction of sp³-hybridized carbons (Fsp3) is 0.562. The lowest BCUT2D eigenvalue weighted by atomic mass is 9.81. The zero-order valence-electron chi connectivity index (χ0n) is 11.1. The van der Waals surface area contributed by atoms with Crippen LogP contribution in [0.5, 0.6) is 0 Å². The van der Waals surface area contributed by atoms with Crippen LogP contribution in [-0.2, 0) is 14.9 Å². The Kier molecular flexibility index (Phi) is 3.31. The molecule has 1 saturated heterocycles. The molecule has 1 aliphatic heterocycles. The molecule has 3 rings (SSSR count). The monoisotopic (exact) mass is 260 g/mol. The van der Waals surface area contributed by atoms with Gasteiger partial charge < -0.3 is 9.84 Å². The summed E-state index contributed by atoms with van der Waals surface area (Å²) in [5.41, 5.74) is 2.56. The van der Waals surface area contributed by atoms with Crippen LogP contribution < -0.4 is 0 Å². The van der Waals surface area contributed by atoms with E-state index in [1.54, 1.807) is 0 Å². The number of hydrogen-bond acceptors (Lipinski definition) is 2. The lowest BCUT2D eigenvalue weighted by Gasteiger charge is -2.27. The SMILES string of the molecule is O=C(O)CC1(c2ccccc2C2CCOCC2)CC1. The van der Waals surface area contributed by atoms with E-state index in [2.05, 4.69) is 18.2 Å². The van der Waals surface area contributed by atoms with Crippen molar-refractivity contribution >= 4 is 5.97 Å². The molecular formula is C16H20O3. The number of carbonyl (C=O) groups is 1. The first-order valence-corrected chi connectivity index (χ1v) is 7.10. The third kappa shape index (κ3) is 2.52. The van der Waals surface area contributed by atoms with E-state index in [0.717, 1.165) is 38.9 Å². The predicted octanol–water partition coefficient (Wildman–Crippen LogP) is 3.09. The van der Waals surface area contributed by atoms with Gasteiger partial charge in [0, 0.05) is 18.6 Å². The summed E-state index contributed by atoms with van der Waals surface area (Å²) in [6.07, 6.45) is 4.41. The van der Waals surface area contributed by atoms with E-state index in [1.165, 1.54) is 11.1 Å². The van der Waals surface area contributed by atoms with Crippen molar-refractivity contribution in [2.45, 2.75) is 43.4 Å². The molecule has 2 fully saturated rings. The van der Waals surface area contributed by atoms with E-state index >= 15 is 0 Å². The Morgan fingerprint density at radius 3 is 2.58 bits per heavy atom. The number of benzene rings is 1. The minimum Gasteiger partial charge on any atom is -0.481 e. The van der Waals surface area contributed by atoms with Crippen LogP contribution in [0, 0.1) is 0 Å². The van der Waals surface area contributed by atoms with Crippen LogP contribution in [0.25, 0.3) is 0 Å². The number of carboxylic acid groups (broad SMARTS) is 1. The molecule has 0 aromatic heterocycles. The average Bonchev–Trinajstić information content (AvgIpc) is 3.20. The molecule has 3 nitrogen and oxygen atoms in total. The van der Waals surface area contributed by atoms with E-state index in [9.17, 15) is 4.79 Å². The smallest absolute Gasteiger partial charge is 0.304 e. The topological polar surface area (TPSA) is 46.5 Å². The molecule has 1 N–H and O–H groups in total. The van der Waals surface area contributed by atoms with Gasteiger partial charge in [-0.15, -0.1) is 0 Å². The Balaban J connectivity index is 1.91. The van der Waals surface area contributed by atoms with E-state index in [0.29, 0.717) is 5.92 Å². The van der Waals surface area contributed by atoms with Gasteiger partial charge >= 0.3 is 5.97 Å². The maximum absolute atomic E-state index is 11.1. The van der Waals surface area contributed by atoms with Crippen LogP contribution in [0.15, 0.2) is 24.3 Å². The molecule has 1 aliphatic carbocycles. The summed E-state index contributed by atoms with van der Waals surface area (Å²) in [5.74, 6) is -0.143. The van der Waals surface area contributed by atoms with Crippen molar-refractivity contribution in [3.05, 3.63) is 35.4 Å². The minimum atomic E-state index is -0.681. The van der Waals surface area contributed by atoms with Crippen LogP contribution >= 0.6 is 0 Å². The summed E-state index contributed by atoms with van der Waals surface area (Å²) in [6, 6.07) is 8.44. The van der Waals surface area contributed by atoms with Crippen molar-refractivity contribution in [3.63, 3.8) is 0 Å². The number of carboxylic acids is 1. The highest BCUT2D eigenvalue weighted by molar-refractivity contribution is 5.70. The molecule has 1 aromatic carbocycles. The Labute approximate surface area is 113 Å². The molecule has 19 heavy (non-hydrogen) atoms. The molecule has 0 radical (unpaired) electrons. The van der Waals surface area contributed by atoms with Gasteiger partial charge in [-0.05, 0) is 42.7 Å². The molecule has 2 aliphatic rings. The summed E-state index contributed by atoms with van der Waals surface area (Å²) in [5, 5.41) is 9.13. The van der Waals surface area contributed by atoms with Gasteiger partial charge in [-0.3, -0.25) is 4.79 Å². The Hall–Kier alpha value is -1.35. The standard InChI is InChI=1S/C16H20O3/c17-15(18)11-16(7-8-16)14-4-2-1-3-13(14)12-5-9-19-10-6-12/h1-4,12H,5-11H2,(H,17,18). The number of rotatable bonds is 4. The first-order valence-electron chi connectivity index (χ1n) is 7.10. The molecule has 0 bridgehead atoms. The van der Waals surface area contributed by atoms with E-state index < -0.39 is 5.97 Å². The van der Waals surface area contributed by atoms with Crippen LogP contribution in [0.4, 0.5) is 0 Å². The van der Waals surface area contributed by atoms with Gasteiger partial charge in [-0.25, -0.2) is 0 Å². The minimum absolute atomic E-state index is 0.0826. The maximum Gasteiger partial charge on any atom is 0.304 e. The quantitative estimate of drug-likeness (QED) is 0.905. The molecule has 102 valence electrons. The van der Waals surface area contributed by atoms with E-state index in [1.807, 2.05) is 6.07 Å². The van der Waals surface area contributed by atoms with Crippen molar-refractivity contribution in [1.82, 2.24) is 0 Å². The van der Waals surface area contributed by atoms with Gasteiger partial charge in [-0.1, -0.05) is 24.3 Å². The molecule has 0 unspecified atom stereocenters. The Morgan fingerprint density at radius 1 is 1.26 bits per heavy atom. The molecule has 0 amide bonds. The van der Waals surface area contributed by atoms with Crippen LogP contribution in [0.1, 0.15) is 49.1 Å². The summed E-state index contributed by atoms with van der Waals surface area (Å²) in [6.45, 7) is 1.65. The van der Waals surface area contributed by atoms with Gasteiger partial charge in [0.15, 0.2) is 0 Å². The second-order valence-corrected chi connectivity index (χ2v) is 5.82. The van der Waals surface area contributed by atoms with Crippen LogP contribution in [0.3, 0.4) is 0 Å². The van der Waals surface area contributed by atoms with Gasteiger partial charge in [0.25, 0.3) is 0 Å². The molecule has 1 aromatic rings. The Morgan fingerprint density at radius 2 is 1.95 bits per heavy atom. The predicted molar refractivity (Wildman–Crippen MR) is 72.4 cm³/mol. The summed E-state index contributed by atoms with van der Waals surface area (Å²) < 4.78 is 5.43. The molecule has 1 heterocycles. The van der Waals surface area contributed by atoms with Crippen molar-refractivity contribution in [2.75, 3.05) is 13.2 Å². The highest BCUT2D eigenvalue weighted by Crippen LogP contribution is 2.53. The number of ether oxygens (including phenoxy) is 1. The van der Waals surface area contributed by atoms with Gasteiger partial charge in [0.2, 0.25) is 0 Å². The second-order valence-electron chi connectivity index (χ2n) is 5.82. The largest absolute Gasteiger partial charge is 0.481 e. The first kappa shape index (κ1) is 12.7. The number of hydrogen-bond donors (Lipinski definition) is 1. The highest BCUT2D eigenvalue weighted by atomic mass is 16.5. The van der Waals surface area contributed by atoms with E-state index in [-0.39, 0.29) is 11.8 Å². The van der Waals surface area contributed by atoms with Gasteiger partial charge in [0.1, 0.15) is 0 Å². The van der Waals surface area contributed by atoms with Crippen molar-refractivity contribution in [3.8, 4) is 0 Å².